The first kappa shape index (κ1) is 11.9. The van der Waals surface area contributed by atoms with E-state index in [9.17, 15) is 0 Å². The van der Waals surface area contributed by atoms with Gasteiger partial charge in [0.2, 0.25) is 0 Å². The second kappa shape index (κ2) is 6.31. The number of rotatable bonds is 5. The molecule has 1 aromatic rings. The van der Waals surface area contributed by atoms with Crippen molar-refractivity contribution in [3.63, 3.8) is 0 Å². The molecule has 0 bridgehead atoms. The fraction of sp³-hybridized carbons (Fsp3) is 0.154. The van der Waals surface area contributed by atoms with Gasteiger partial charge in [-0.3, -0.25) is 0 Å². The normalized spacial score (nSPS) is 9.94. The van der Waals surface area contributed by atoms with Crippen LogP contribution >= 0.6 is 0 Å². The SMILES string of the molecule is C#CCOc1ccc(C=NN)cc1CC=C. The summed E-state index contributed by atoms with van der Waals surface area (Å²) in [7, 11) is 0. The van der Waals surface area contributed by atoms with Crippen molar-refractivity contribution in [2.24, 2.45) is 10.9 Å². The topological polar surface area (TPSA) is 47.6 Å². The summed E-state index contributed by atoms with van der Waals surface area (Å²) in [4.78, 5) is 0. The van der Waals surface area contributed by atoms with E-state index in [1.807, 2.05) is 18.2 Å². The predicted octanol–water partition coefficient (Wildman–Crippen LogP) is 1.72. The summed E-state index contributed by atoms with van der Waals surface area (Å²) in [6.45, 7) is 3.96. The summed E-state index contributed by atoms with van der Waals surface area (Å²) in [5.41, 5.74) is 1.94. The number of allylic oxidation sites excluding steroid dienone is 1. The number of benzene rings is 1. The van der Waals surface area contributed by atoms with Crippen LogP contribution in [0.2, 0.25) is 0 Å². The van der Waals surface area contributed by atoms with Gasteiger partial charge in [0.25, 0.3) is 0 Å². The molecule has 0 amide bonds. The van der Waals surface area contributed by atoms with E-state index >= 15 is 0 Å². The zero-order valence-electron chi connectivity index (χ0n) is 9.02. The smallest absolute Gasteiger partial charge is 0.148 e. The Morgan fingerprint density at radius 1 is 1.56 bits per heavy atom. The number of hydrazone groups is 1. The van der Waals surface area contributed by atoms with E-state index in [2.05, 4.69) is 17.6 Å². The molecule has 0 heterocycles. The highest BCUT2D eigenvalue weighted by Crippen LogP contribution is 2.20. The standard InChI is InChI=1S/C13H14N2O/c1-3-5-12-9-11(10-15-14)6-7-13(12)16-8-4-2/h2-3,6-7,9-10H,1,5,8,14H2. The average Bonchev–Trinajstić information content (AvgIpc) is 2.29. The van der Waals surface area contributed by atoms with E-state index in [1.54, 1.807) is 12.3 Å². The van der Waals surface area contributed by atoms with Gasteiger partial charge < -0.3 is 10.6 Å². The van der Waals surface area contributed by atoms with Crippen molar-refractivity contribution in [1.82, 2.24) is 0 Å². The molecular weight excluding hydrogens is 200 g/mol. The third-order valence-electron chi connectivity index (χ3n) is 1.98. The van der Waals surface area contributed by atoms with E-state index < -0.39 is 0 Å². The van der Waals surface area contributed by atoms with Crippen LogP contribution in [-0.2, 0) is 6.42 Å². The van der Waals surface area contributed by atoms with Gasteiger partial charge in [0.1, 0.15) is 12.4 Å². The largest absolute Gasteiger partial charge is 0.481 e. The zero-order valence-corrected chi connectivity index (χ0v) is 9.02. The minimum atomic E-state index is 0.258. The van der Waals surface area contributed by atoms with Crippen LogP contribution in [0.5, 0.6) is 5.75 Å². The van der Waals surface area contributed by atoms with Crippen LogP contribution in [0, 0.1) is 12.3 Å². The van der Waals surface area contributed by atoms with Crippen LogP contribution in [0.15, 0.2) is 36.0 Å². The van der Waals surface area contributed by atoms with Crippen LogP contribution in [-0.4, -0.2) is 12.8 Å². The van der Waals surface area contributed by atoms with Crippen molar-refractivity contribution in [2.75, 3.05) is 6.61 Å². The van der Waals surface area contributed by atoms with Crippen LogP contribution in [0.4, 0.5) is 0 Å². The Hall–Kier alpha value is -2.21. The number of nitrogens with two attached hydrogens (primary N) is 1. The van der Waals surface area contributed by atoms with Crippen molar-refractivity contribution >= 4 is 6.21 Å². The molecule has 0 aliphatic carbocycles. The molecule has 0 saturated carbocycles. The molecule has 0 unspecified atom stereocenters. The molecule has 0 atom stereocenters. The molecule has 16 heavy (non-hydrogen) atoms. The van der Waals surface area contributed by atoms with Gasteiger partial charge in [-0.25, -0.2) is 0 Å². The van der Waals surface area contributed by atoms with Crippen molar-refractivity contribution in [3.05, 3.63) is 42.0 Å². The maximum atomic E-state index is 5.41. The van der Waals surface area contributed by atoms with Gasteiger partial charge in [-0.15, -0.1) is 13.0 Å². The summed E-state index contributed by atoms with van der Waals surface area (Å²) in [6.07, 6.45) is 9.25. The summed E-state index contributed by atoms with van der Waals surface area (Å²) in [5, 5.41) is 3.47. The second-order valence-corrected chi connectivity index (χ2v) is 3.13. The highest BCUT2D eigenvalue weighted by atomic mass is 16.5. The number of hydrogen-bond donors (Lipinski definition) is 1. The molecule has 3 nitrogen and oxygen atoms in total. The zero-order chi connectivity index (χ0) is 11.8. The Bertz CT molecular complexity index is 430. The maximum absolute atomic E-state index is 5.41. The molecular formula is C13H14N2O. The lowest BCUT2D eigenvalue weighted by Crippen LogP contribution is -1.99. The third-order valence-corrected chi connectivity index (χ3v) is 1.98. The van der Waals surface area contributed by atoms with Crippen LogP contribution < -0.4 is 10.6 Å². The minimum absolute atomic E-state index is 0.258. The van der Waals surface area contributed by atoms with Gasteiger partial charge in [0.05, 0.1) is 6.21 Å². The quantitative estimate of drug-likeness (QED) is 0.267. The second-order valence-electron chi connectivity index (χ2n) is 3.13. The minimum Gasteiger partial charge on any atom is -0.481 e. The van der Waals surface area contributed by atoms with Gasteiger partial charge in [0, 0.05) is 0 Å². The first-order valence-electron chi connectivity index (χ1n) is 4.85. The predicted molar refractivity (Wildman–Crippen MR) is 66.5 cm³/mol. The molecule has 2 N–H and O–H groups in total. The van der Waals surface area contributed by atoms with Gasteiger partial charge in [-0.2, -0.15) is 5.10 Å². The third kappa shape index (κ3) is 3.18. The van der Waals surface area contributed by atoms with Crippen LogP contribution in [0.25, 0.3) is 0 Å². The Kier molecular flexibility index (Phi) is 4.68. The summed E-state index contributed by atoms with van der Waals surface area (Å²) in [5.74, 6) is 8.30. The van der Waals surface area contributed by atoms with Gasteiger partial charge in [0.15, 0.2) is 0 Å². The lowest BCUT2D eigenvalue weighted by Gasteiger charge is -2.08. The van der Waals surface area contributed by atoms with Gasteiger partial charge in [-0.05, 0) is 35.7 Å². The molecule has 0 aromatic heterocycles. The van der Waals surface area contributed by atoms with Gasteiger partial charge in [-0.1, -0.05) is 12.0 Å². The molecule has 0 aliphatic heterocycles. The monoisotopic (exact) mass is 214 g/mol. The van der Waals surface area contributed by atoms with Crippen molar-refractivity contribution in [2.45, 2.75) is 6.42 Å². The Labute approximate surface area is 95.6 Å². The molecule has 3 heteroatoms. The maximum Gasteiger partial charge on any atom is 0.148 e. The Balaban J connectivity index is 2.99. The van der Waals surface area contributed by atoms with Gasteiger partial charge >= 0.3 is 0 Å². The summed E-state index contributed by atoms with van der Waals surface area (Å²) < 4.78 is 5.41. The van der Waals surface area contributed by atoms with E-state index in [-0.39, 0.29) is 6.61 Å². The number of hydrogen-bond acceptors (Lipinski definition) is 3. The number of nitrogens with zero attached hydrogens (tertiary/aromatic N) is 1. The van der Waals surface area contributed by atoms with Crippen LogP contribution in [0.1, 0.15) is 11.1 Å². The molecule has 0 fully saturated rings. The highest BCUT2D eigenvalue weighted by Gasteiger charge is 2.02. The molecule has 0 saturated heterocycles. The first-order valence-corrected chi connectivity index (χ1v) is 4.85. The fourth-order valence-electron chi connectivity index (χ4n) is 1.34. The lowest BCUT2D eigenvalue weighted by atomic mass is 10.1. The fourth-order valence-corrected chi connectivity index (χ4v) is 1.34. The van der Waals surface area contributed by atoms with Crippen molar-refractivity contribution in [1.29, 1.82) is 0 Å². The number of ether oxygens (including phenoxy) is 1. The van der Waals surface area contributed by atoms with E-state index in [4.69, 9.17) is 17.0 Å². The molecule has 0 aliphatic rings. The molecule has 1 aromatic carbocycles. The molecule has 0 spiro atoms. The average molecular weight is 214 g/mol. The number of terminal acetylenes is 1. The summed E-state index contributed by atoms with van der Waals surface area (Å²) in [6, 6.07) is 5.67. The Morgan fingerprint density at radius 2 is 2.38 bits per heavy atom. The van der Waals surface area contributed by atoms with E-state index in [0.717, 1.165) is 16.9 Å². The van der Waals surface area contributed by atoms with Crippen molar-refractivity contribution < 1.29 is 4.74 Å². The first-order chi connectivity index (χ1) is 7.81. The molecule has 1 rings (SSSR count). The van der Waals surface area contributed by atoms with E-state index in [0.29, 0.717) is 6.42 Å². The van der Waals surface area contributed by atoms with Crippen molar-refractivity contribution in [3.8, 4) is 18.1 Å². The molecule has 0 radical (unpaired) electrons. The lowest BCUT2D eigenvalue weighted by molar-refractivity contribution is 0.367. The summed E-state index contributed by atoms with van der Waals surface area (Å²) >= 11 is 0. The van der Waals surface area contributed by atoms with E-state index in [1.165, 1.54) is 0 Å². The molecule has 82 valence electrons. The Morgan fingerprint density at radius 3 is 3.00 bits per heavy atom. The van der Waals surface area contributed by atoms with Crippen LogP contribution in [0.3, 0.4) is 0 Å². The highest BCUT2D eigenvalue weighted by molar-refractivity contribution is 5.80.